The highest BCUT2D eigenvalue weighted by Gasteiger charge is 2.32. The predicted octanol–water partition coefficient (Wildman–Crippen LogP) is 4.14. The molecule has 1 aromatic heterocycles. The van der Waals surface area contributed by atoms with Crippen molar-refractivity contribution in [3.05, 3.63) is 23.8 Å². The molecule has 1 N–H and O–H groups in total. The van der Waals surface area contributed by atoms with Gasteiger partial charge in [0.25, 0.3) is 0 Å². The van der Waals surface area contributed by atoms with Crippen LogP contribution in [0.3, 0.4) is 0 Å². The maximum absolute atomic E-state index is 12.9. The van der Waals surface area contributed by atoms with Crippen LogP contribution in [0.1, 0.15) is 45.6 Å². The van der Waals surface area contributed by atoms with Crippen LogP contribution in [0.25, 0.3) is 11.0 Å². The Labute approximate surface area is 142 Å². The second-order valence-corrected chi connectivity index (χ2v) is 8.03. The van der Waals surface area contributed by atoms with Crippen LogP contribution in [0.4, 0.5) is 0 Å². The zero-order valence-electron chi connectivity index (χ0n) is 14.3. The molecule has 0 unspecified atom stereocenters. The molecule has 124 valence electrons. The smallest absolute Gasteiger partial charge is 0.236 e. The van der Waals surface area contributed by atoms with Gasteiger partial charge in [-0.25, -0.2) is 4.98 Å². The van der Waals surface area contributed by atoms with Gasteiger partial charge < -0.3 is 9.88 Å². The largest absolute Gasteiger partial charge is 0.336 e. The van der Waals surface area contributed by atoms with Crippen molar-refractivity contribution in [1.82, 2.24) is 14.9 Å². The molecule has 0 bridgehead atoms. The molecule has 23 heavy (non-hydrogen) atoms. The van der Waals surface area contributed by atoms with E-state index >= 15 is 0 Å². The first-order valence-electron chi connectivity index (χ1n) is 8.41. The number of likely N-dealkylation sites (tertiary alicyclic amines) is 1. The van der Waals surface area contributed by atoms with Gasteiger partial charge in [0.15, 0.2) is 5.16 Å². The van der Waals surface area contributed by atoms with Crippen molar-refractivity contribution < 1.29 is 4.79 Å². The molecule has 2 aromatic rings. The number of amides is 1. The third-order valence-corrected chi connectivity index (χ3v) is 5.67. The fourth-order valence-electron chi connectivity index (χ4n) is 3.44. The number of thioether (sulfide) groups is 1. The summed E-state index contributed by atoms with van der Waals surface area (Å²) in [5, 5.41) is 0.698. The molecule has 1 aromatic carbocycles. The number of rotatable bonds is 3. The van der Waals surface area contributed by atoms with E-state index in [2.05, 4.69) is 47.8 Å². The molecule has 0 aliphatic carbocycles. The Bertz CT molecular complexity index is 701. The molecular weight excluding hydrogens is 306 g/mol. The molecule has 1 aliphatic rings. The molecule has 1 saturated heterocycles. The minimum Gasteiger partial charge on any atom is -0.336 e. The van der Waals surface area contributed by atoms with Crippen molar-refractivity contribution in [2.24, 2.45) is 0 Å². The summed E-state index contributed by atoms with van der Waals surface area (Å²) in [6.07, 6.45) is 3.44. The Hall–Kier alpha value is -1.49. The molecule has 1 aliphatic heterocycles. The molecule has 0 radical (unpaired) electrons. The van der Waals surface area contributed by atoms with Gasteiger partial charge in [-0.15, -0.1) is 0 Å². The number of carbonyl (C=O) groups excluding carboxylic acids is 1. The van der Waals surface area contributed by atoms with Gasteiger partial charge in [-0.3, -0.25) is 4.79 Å². The number of aryl methyl sites for hydroxylation is 1. The van der Waals surface area contributed by atoms with Crippen LogP contribution in [-0.2, 0) is 4.79 Å². The van der Waals surface area contributed by atoms with E-state index in [0.717, 1.165) is 29.0 Å². The number of hydrogen-bond acceptors (Lipinski definition) is 3. The first-order chi connectivity index (χ1) is 11.0. The number of carbonyl (C=O) groups is 1. The normalized spacial score (nSPS) is 23.2. The van der Waals surface area contributed by atoms with Crippen molar-refractivity contribution in [3.63, 3.8) is 0 Å². The van der Waals surface area contributed by atoms with E-state index in [4.69, 9.17) is 0 Å². The minimum absolute atomic E-state index is 0.125. The van der Waals surface area contributed by atoms with Gasteiger partial charge in [0, 0.05) is 12.1 Å². The molecule has 1 amide bonds. The number of hydrogen-bond donors (Lipinski definition) is 1. The minimum atomic E-state index is -0.125. The van der Waals surface area contributed by atoms with Crippen LogP contribution in [0.5, 0.6) is 0 Å². The Morgan fingerprint density at radius 1 is 1.35 bits per heavy atom. The van der Waals surface area contributed by atoms with Gasteiger partial charge in [0.05, 0.1) is 16.3 Å². The second-order valence-electron chi connectivity index (χ2n) is 6.70. The van der Waals surface area contributed by atoms with Gasteiger partial charge >= 0.3 is 0 Å². The predicted molar refractivity (Wildman–Crippen MR) is 95.8 cm³/mol. The van der Waals surface area contributed by atoms with Crippen molar-refractivity contribution in [1.29, 1.82) is 0 Å². The zero-order valence-corrected chi connectivity index (χ0v) is 15.1. The fourth-order valence-corrected chi connectivity index (χ4v) is 4.32. The van der Waals surface area contributed by atoms with Crippen LogP contribution in [0.15, 0.2) is 23.4 Å². The van der Waals surface area contributed by atoms with Crippen molar-refractivity contribution in [2.45, 2.75) is 69.4 Å². The molecule has 0 spiro atoms. The first kappa shape index (κ1) is 16.4. The SMILES string of the molecule is Cc1ccc2nc(S[C@@H](C)C(=O)N3[C@H](C)CCC[C@@H]3C)[nH]c2c1. The van der Waals surface area contributed by atoms with E-state index in [-0.39, 0.29) is 11.2 Å². The summed E-state index contributed by atoms with van der Waals surface area (Å²) in [7, 11) is 0. The number of nitrogens with one attached hydrogen (secondary N) is 1. The highest BCUT2D eigenvalue weighted by atomic mass is 32.2. The number of nitrogens with zero attached hydrogens (tertiary/aromatic N) is 2. The summed E-state index contributed by atoms with van der Waals surface area (Å²) in [6, 6.07) is 6.85. The molecular formula is C18H25N3OS. The third-order valence-electron chi connectivity index (χ3n) is 4.70. The number of H-pyrrole nitrogens is 1. The van der Waals surface area contributed by atoms with Crippen LogP contribution < -0.4 is 0 Å². The van der Waals surface area contributed by atoms with Crippen LogP contribution in [-0.4, -0.2) is 38.1 Å². The molecule has 3 rings (SSSR count). The Balaban J connectivity index is 1.74. The number of fused-ring (bicyclic) bond motifs is 1. The second kappa shape index (κ2) is 6.56. The first-order valence-corrected chi connectivity index (χ1v) is 9.29. The summed E-state index contributed by atoms with van der Waals surface area (Å²) in [5.74, 6) is 0.228. The summed E-state index contributed by atoms with van der Waals surface area (Å²) in [4.78, 5) is 22.9. The summed E-state index contributed by atoms with van der Waals surface area (Å²) >= 11 is 1.52. The molecule has 2 heterocycles. The molecule has 5 heteroatoms. The van der Waals surface area contributed by atoms with Crippen molar-refractivity contribution >= 4 is 28.7 Å². The topological polar surface area (TPSA) is 49.0 Å². The number of imidazole rings is 1. The monoisotopic (exact) mass is 331 g/mol. The lowest BCUT2D eigenvalue weighted by atomic mass is 9.97. The highest BCUT2D eigenvalue weighted by molar-refractivity contribution is 8.00. The van der Waals surface area contributed by atoms with E-state index < -0.39 is 0 Å². The lowest BCUT2D eigenvalue weighted by Crippen LogP contribution is -2.50. The number of aromatic nitrogens is 2. The average molecular weight is 331 g/mol. The fraction of sp³-hybridized carbons (Fsp3) is 0.556. The standard InChI is InChI=1S/C18H25N3OS/c1-11-8-9-15-16(10-11)20-18(19-15)23-14(4)17(22)21-12(2)6-5-7-13(21)3/h8-10,12-14H,5-7H2,1-4H3,(H,19,20)/t12-,13+,14-/m0/s1. The number of piperidine rings is 1. The maximum Gasteiger partial charge on any atom is 0.236 e. The van der Waals surface area contributed by atoms with E-state index in [1.807, 2.05) is 13.0 Å². The average Bonchev–Trinajstić information content (AvgIpc) is 2.88. The Morgan fingerprint density at radius 3 is 2.74 bits per heavy atom. The van der Waals surface area contributed by atoms with Gasteiger partial charge in [-0.05, 0) is 64.7 Å². The molecule has 4 nitrogen and oxygen atoms in total. The van der Waals surface area contributed by atoms with Gasteiger partial charge in [-0.2, -0.15) is 0 Å². The highest BCUT2D eigenvalue weighted by Crippen LogP contribution is 2.29. The number of aromatic amines is 1. The van der Waals surface area contributed by atoms with E-state index in [1.54, 1.807) is 0 Å². The van der Waals surface area contributed by atoms with Crippen molar-refractivity contribution in [2.75, 3.05) is 0 Å². The number of benzene rings is 1. The maximum atomic E-state index is 12.9. The molecule has 3 atom stereocenters. The van der Waals surface area contributed by atoms with Gasteiger partial charge in [0.2, 0.25) is 5.91 Å². The van der Waals surface area contributed by atoms with Crippen LogP contribution in [0.2, 0.25) is 0 Å². The van der Waals surface area contributed by atoms with E-state index in [9.17, 15) is 4.79 Å². The Kier molecular flexibility index (Phi) is 4.67. The van der Waals surface area contributed by atoms with E-state index in [0.29, 0.717) is 12.1 Å². The quantitative estimate of drug-likeness (QED) is 0.860. The summed E-state index contributed by atoms with van der Waals surface area (Å²) < 4.78 is 0. The van der Waals surface area contributed by atoms with Crippen LogP contribution in [0, 0.1) is 6.92 Å². The summed E-state index contributed by atoms with van der Waals surface area (Å²) in [5.41, 5.74) is 3.20. The van der Waals surface area contributed by atoms with Crippen LogP contribution >= 0.6 is 11.8 Å². The lowest BCUT2D eigenvalue weighted by Gasteiger charge is -2.40. The molecule has 1 fully saturated rings. The Morgan fingerprint density at radius 2 is 2.04 bits per heavy atom. The lowest BCUT2D eigenvalue weighted by molar-refractivity contribution is -0.136. The van der Waals surface area contributed by atoms with Crippen molar-refractivity contribution in [3.8, 4) is 0 Å². The zero-order chi connectivity index (χ0) is 16.6. The van der Waals surface area contributed by atoms with E-state index in [1.165, 1.54) is 23.7 Å². The molecule has 0 saturated carbocycles. The summed E-state index contributed by atoms with van der Waals surface area (Å²) in [6.45, 7) is 8.38. The third kappa shape index (κ3) is 3.39. The van der Waals surface area contributed by atoms with Gasteiger partial charge in [0.1, 0.15) is 0 Å². The van der Waals surface area contributed by atoms with Gasteiger partial charge in [-0.1, -0.05) is 17.8 Å².